The zero-order chi connectivity index (χ0) is 17.2. The summed E-state index contributed by atoms with van der Waals surface area (Å²) in [5.74, 6) is 0.0237. The smallest absolute Gasteiger partial charge is 0.191 e. The highest BCUT2D eigenvalue weighted by atomic mass is 35.5. The van der Waals surface area contributed by atoms with Gasteiger partial charge in [-0.1, -0.05) is 66.2 Å². The van der Waals surface area contributed by atoms with Gasteiger partial charge in [-0.25, -0.2) is 0 Å². The topological polar surface area (TPSA) is 29.1 Å². The van der Waals surface area contributed by atoms with Crippen molar-refractivity contribution in [1.82, 2.24) is 0 Å². The number of halogens is 1. The predicted octanol–water partition coefficient (Wildman–Crippen LogP) is 5.66. The lowest BCUT2D eigenvalue weighted by Crippen LogP contribution is -2.05. The van der Waals surface area contributed by atoms with Crippen molar-refractivity contribution in [3.05, 3.63) is 112 Å². The zero-order valence-corrected chi connectivity index (χ0v) is 14.2. The Hall–Kier alpha value is -2.84. The van der Waals surface area contributed by atoms with E-state index in [9.17, 15) is 4.79 Å². The molecule has 3 aromatic carbocycles. The van der Waals surface area contributed by atoms with Gasteiger partial charge in [-0.15, -0.1) is 0 Å². The Balaban J connectivity index is 1.76. The monoisotopic (exact) mass is 345 g/mol. The van der Waals surface area contributed by atoms with Crippen molar-refractivity contribution in [2.45, 2.75) is 5.92 Å². The average Bonchev–Trinajstić information content (AvgIpc) is 2.94. The summed E-state index contributed by atoms with van der Waals surface area (Å²) in [5.41, 5.74) is 4.60. The maximum atomic E-state index is 12.9. The fraction of sp³-hybridized carbons (Fsp3) is 0.0455. The Bertz CT molecular complexity index is 945. The Labute approximate surface area is 151 Å². The van der Waals surface area contributed by atoms with E-state index in [2.05, 4.69) is 17.4 Å². The van der Waals surface area contributed by atoms with E-state index in [-0.39, 0.29) is 11.7 Å². The highest BCUT2D eigenvalue weighted by molar-refractivity contribution is 6.30. The molecule has 0 amide bonds. The molecule has 3 aromatic rings. The second-order valence-corrected chi connectivity index (χ2v) is 6.45. The van der Waals surface area contributed by atoms with Gasteiger partial charge in [0.15, 0.2) is 5.78 Å². The number of allylic oxidation sites excluding steroid dienone is 1. The van der Waals surface area contributed by atoms with Crippen LogP contribution in [0.4, 0.5) is 5.69 Å². The third-order valence-electron chi connectivity index (χ3n) is 4.46. The highest BCUT2D eigenvalue weighted by Gasteiger charge is 2.35. The van der Waals surface area contributed by atoms with Crippen molar-refractivity contribution in [2.24, 2.45) is 0 Å². The lowest BCUT2D eigenvalue weighted by atomic mass is 9.90. The Kier molecular flexibility index (Phi) is 4.12. The summed E-state index contributed by atoms with van der Waals surface area (Å²) >= 11 is 5.93. The largest absolute Gasteiger partial charge is 0.361 e. The van der Waals surface area contributed by atoms with E-state index in [0.717, 1.165) is 28.0 Å². The van der Waals surface area contributed by atoms with Crippen LogP contribution < -0.4 is 5.32 Å². The van der Waals surface area contributed by atoms with Gasteiger partial charge in [0.25, 0.3) is 0 Å². The molecule has 0 bridgehead atoms. The maximum Gasteiger partial charge on any atom is 0.191 e. The molecule has 25 heavy (non-hydrogen) atoms. The van der Waals surface area contributed by atoms with Gasteiger partial charge in [0.2, 0.25) is 0 Å². The molecule has 0 heterocycles. The molecule has 0 aromatic heterocycles. The Morgan fingerprint density at radius 3 is 2.28 bits per heavy atom. The summed E-state index contributed by atoms with van der Waals surface area (Å²) in [4.78, 5) is 12.9. The van der Waals surface area contributed by atoms with E-state index < -0.39 is 0 Å². The number of hydrogen-bond donors (Lipinski definition) is 1. The second kappa shape index (κ2) is 6.58. The van der Waals surface area contributed by atoms with E-state index >= 15 is 0 Å². The zero-order valence-electron chi connectivity index (χ0n) is 13.4. The molecule has 0 radical (unpaired) electrons. The number of fused-ring (bicyclic) bond motifs is 1. The highest BCUT2D eigenvalue weighted by Crippen LogP contribution is 2.41. The number of benzene rings is 3. The van der Waals surface area contributed by atoms with E-state index in [1.807, 2.05) is 72.9 Å². The lowest BCUT2D eigenvalue weighted by molar-refractivity contribution is 0.103. The van der Waals surface area contributed by atoms with Crippen molar-refractivity contribution < 1.29 is 4.79 Å². The molecule has 122 valence electrons. The van der Waals surface area contributed by atoms with Crippen molar-refractivity contribution >= 4 is 23.1 Å². The van der Waals surface area contributed by atoms with Crippen LogP contribution in [0.5, 0.6) is 0 Å². The minimum atomic E-state index is -0.0512. The van der Waals surface area contributed by atoms with Gasteiger partial charge in [-0.3, -0.25) is 4.79 Å². The van der Waals surface area contributed by atoms with Crippen LogP contribution in [0.25, 0.3) is 0 Å². The minimum absolute atomic E-state index is 0.0512. The molecule has 2 nitrogen and oxygen atoms in total. The van der Waals surface area contributed by atoms with Crippen LogP contribution >= 0.6 is 11.6 Å². The molecule has 0 spiro atoms. The van der Waals surface area contributed by atoms with Crippen LogP contribution in [0, 0.1) is 0 Å². The molecular weight excluding hydrogens is 330 g/mol. The summed E-state index contributed by atoms with van der Waals surface area (Å²) in [6, 6.07) is 25.4. The van der Waals surface area contributed by atoms with Crippen LogP contribution in [0.3, 0.4) is 0 Å². The first-order valence-corrected chi connectivity index (χ1v) is 8.52. The number of rotatable bonds is 3. The van der Waals surface area contributed by atoms with E-state index in [4.69, 9.17) is 11.6 Å². The maximum absolute atomic E-state index is 12.9. The predicted molar refractivity (Wildman–Crippen MR) is 102 cm³/mol. The first-order chi connectivity index (χ1) is 12.2. The van der Waals surface area contributed by atoms with Gasteiger partial charge in [0.1, 0.15) is 0 Å². The molecule has 0 saturated carbocycles. The van der Waals surface area contributed by atoms with Crippen LogP contribution in [0.1, 0.15) is 27.4 Å². The molecule has 0 fully saturated rings. The summed E-state index contributed by atoms with van der Waals surface area (Å²) in [5, 5.41) is 3.92. The molecule has 4 rings (SSSR count). The Morgan fingerprint density at radius 2 is 1.52 bits per heavy atom. The van der Waals surface area contributed by atoms with Crippen molar-refractivity contribution in [3.8, 4) is 0 Å². The number of Topliss-reactive ketones (excluding diaryl/α,β-unsaturated/α-hetero) is 1. The number of carbonyl (C=O) groups is 1. The SMILES string of the molecule is O=C1/C(=C\Nc2ccc(Cl)cc2)C(c2ccccc2)c2ccccc21. The molecule has 1 aliphatic carbocycles. The molecule has 1 N–H and O–H groups in total. The van der Waals surface area contributed by atoms with Crippen LogP contribution in [0.15, 0.2) is 90.6 Å². The average molecular weight is 346 g/mol. The molecule has 1 unspecified atom stereocenters. The molecular formula is C22H16ClNO. The van der Waals surface area contributed by atoms with Crippen LogP contribution in [0.2, 0.25) is 5.02 Å². The van der Waals surface area contributed by atoms with Gasteiger partial charge in [0.05, 0.1) is 0 Å². The summed E-state index contributed by atoms with van der Waals surface area (Å²) in [6.07, 6.45) is 1.82. The van der Waals surface area contributed by atoms with Gasteiger partial charge in [-0.2, -0.15) is 0 Å². The van der Waals surface area contributed by atoms with Crippen LogP contribution in [-0.2, 0) is 0 Å². The molecule has 1 atom stereocenters. The van der Waals surface area contributed by atoms with Gasteiger partial charge < -0.3 is 5.32 Å². The molecule has 1 aliphatic rings. The summed E-state index contributed by atoms with van der Waals surface area (Å²) in [7, 11) is 0. The number of ketones is 1. The fourth-order valence-corrected chi connectivity index (χ4v) is 3.40. The normalized spacial score (nSPS) is 17.6. The summed E-state index contributed by atoms with van der Waals surface area (Å²) < 4.78 is 0. The standard InChI is InChI=1S/C22H16ClNO/c23-16-10-12-17(13-11-16)24-14-20-21(15-6-2-1-3-7-15)18-8-4-5-9-19(18)22(20)25/h1-14,21,24H/b20-14-. The minimum Gasteiger partial charge on any atom is -0.361 e. The fourth-order valence-electron chi connectivity index (χ4n) is 3.27. The molecule has 0 saturated heterocycles. The summed E-state index contributed by atoms with van der Waals surface area (Å²) in [6.45, 7) is 0. The van der Waals surface area contributed by atoms with Gasteiger partial charge in [0, 0.05) is 34.0 Å². The van der Waals surface area contributed by atoms with E-state index in [1.165, 1.54) is 0 Å². The van der Waals surface area contributed by atoms with E-state index in [0.29, 0.717) is 5.02 Å². The Morgan fingerprint density at radius 1 is 0.840 bits per heavy atom. The third-order valence-corrected chi connectivity index (χ3v) is 4.71. The number of hydrogen-bond acceptors (Lipinski definition) is 2. The third kappa shape index (κ3) is 2.97. The number of anilines is 1. The van der Waals surface area contributed by atoms with Crippen LogP contribution in [-0.4, -0.2) is 5.78 Å². The van der Waals surface area contributed by atoms with Crippen molar-refractivity contribution in [1.29, 1.82) is 0 Å². The van der Waals surface area contributed by atoms with Gasteiger partial charge >= 0.3 is 0 Å². The first kappa shape index (κ1) is 15.7. The quantitative estimate of drug-likeness (QED) is 0.620. The first-order valence-electron chi connectivity index (χ1n) is 8.15. The van der Waals surface area contributed by atoms with Crippen molar-refractivity contribution in [2.75, 3.05) is 5.32 Å². The number of carbonyl (C=O) groups excluding carboxylic acids is 1. The second-order valence-electron chi connectivity index (χ2n) is 6.01. The molecule has 0 aliphatic heterocycles. The molecule has 3 heteroatoms. The van der Waals surface area contributed by atoms with Gasteiger partial charge in [-0.05, 0) is 35.4 Å². The number of nitrogens with one attached hydrogen (secondary N) is 1. The van der Waals surface area contributed by atoms with Crippen molar-refractivity contribution in [3.63, 3.8) is 0 Å². The lowest BCUT2D eigenvalue weighted by Gasteiger charge is -2.14. The van der Waals surface area contributed by atoms with E-state index in [1.54, 1.807) is 0 Å².